The van der Waals surface area contributed by atoms with Crippen LogP contribution in [0.3, 0.4) is 0 Å². The van der Waals surface area contributed by atoms with Gasteiger partial charge in [0, 0.05) is 18.7 Å². The van der Waals surface area contributed by atoms with E-state index in [1.54, 1.807) is 0 Å². The average molecular weight is 456 g/mol. The van der Waals surface area contributed by atoms with Gasteiger partial charge in [0.1, 0.15) is 5.75 Å². The first kappa shape index (κ1) is 23.1. The largest absolute Gasteiger partial charge is 0.534 e. The van der Waals surface area contributed by atoms with E-state index in [1.807, 2.05) is 0 Å². The van der Waals surface area contributed by atoms with E-state index in [-0.39, 0.29) is 5.91 Å². The minimum atomic E-state index is -5.69. The number of hydrogen-bond donors (Lipinski definition) is 1. The van der Waals surface area contributed by atoms with Crippen LogP contribution in [0.4, 0.5) is 13.2 Å². The molecule has 2 aromatic rings. The third-order valence-electron chi connectivity index (χ3n) is 4.94. The highest BCUT2D eigenvalue weighted by Crippen LogP contribution is 2.28. The molecular formula is C21H23F3N2O4S. The Hall–Kier alpha value is -2.59. The highest BCUT2D eigenvalue weighted by atomic mass is 32.2. The summed E-state index contributed by atoms with van der Waals surface area (Å²) in [4.78, 5) is 13.9. The van der Waals surface area contributed by atoms with Gasteiger partial charge in [0.25, 0.3) is 5.91 Å². The van der Waals surface area contributed by atoms with Crippen LogP contribution in [0.5, 0.6) is 5.75 Å². The van der Waals surface area contributed by atoms with Crippen molar-refractivity contribution in [1.82, 2.24) is 10.2 Å². The number of carbonyl (C=O) groups excluding carboxylic acids is 1. The van der Waals surface area contributed by atoms with Gasteiger partial charge in [-0.1, -0.05) is 30.3 Å². The molecule has 1 saturated heterocycles. The summed E-state index contributed by atoms with van der Waals surface area (Å²) in [6.07, 6.45) is 3.16. The monoisotopic (exact) mass is 456 g/mol. The van der Waals surface area contributed by atoms with E-state index in [9.17, 15) is 26.4 Å². The summed E-state index contributed by atoms with van der Waals surface area (Å²) in [6, 6.07) is 14.1. The molecule has 0 aliphatic carbocycles. The number of alkyl halides is 3. The average Bonchev–Trinajstić information content (AvgIpc) is 3.21. The molecule has 0 bridgehead atoms. The molecule has 0 radical (unpaired) electrons. The minimum absolute atomic E-state index is 0.294. The zero-order valence-electron chi connectivity index (χ0n) is 16.7. The number of halogens is 3. The molecule has 2 aliphatic rings. The molecule has 0 atom stereocenters. The summed E-state index contributed by atoms with van der Waals surface area (Å²) < 4.78 is 62.1. The van der Waals surface area contributed by atoms with Crippen LogP contribution in [0.1, 0.15) is 34.3 Å². The second kappa shape index (κ2) is 9.69. The molecule has 0 aromatic heterocycles. The van der Waals surface area contributed by atoms with Gasteiger partial charge in [0.05, 0.1) is 0 Å². The van der Waals surface area contributed by atoms with Crippen LogP contribution < -0.4 is 9.50 Å². The van der Waals surface area contributed by atoms with Crippen LogP contribution in [-0.4, -0.2) is 44.4 Å². The van der Waals surface area contributed by atoms with Gasteiger partial charge in [0.15, 0.2) is 0 Å². The van der Waals surface area contributed by atoms with Crippen molar-refractivity contribution in [2.75, 3.05) is 19.6 Å². The van der Waals surface area contributed by atoms with E-state index < -0.39 is 21.4 Å². The second-order valence-corrected chi connectivity index (χ2v) is 8.81. The molecule has 4 rings (SSSR count). The lowest BCUT2D eigenvalue weighted by Gasteiger charge is -2.17. The van der Waals surface area contributed by atoms with E-state index in [0.717, 1.165) is 18.7 Å². The van der Waals surface area contributed by atoms with E-state index >= 15 is 0 Å². The molecule has 1 amide bonds. The third kappa shape index (κ3) is 6.20. The number of nitrogens with one attached hydrogen (secondary N) is 1. The van der Waals surface area contributed by atoms with Crippen LogP contribution in [0.25, 0.3) is 0 Å². The van der Waals surface area contributed by atoms with E-state index in [0.29, 0.717) is 24.1 Å². The second-order valence-electron chi connectivity index (χ2n) is 7.28. The zero-order chi connectivity index (χ0) is 22.5. The number of benzene rings is 2. The first-order chi connectivity index (χ1) is 14.7. The Morgan fingerprint density at radius 2 is 1.71 bits per heavy atom. The Morgan fingerprint density at radius 1 is 1.03 bits per heavy atom. The summed E-state index contributed by atoms with van der Waals surface area (Å²) in [7, 11) is -5.69. The van der Waals surface area contributed by atoms with Gasteiger partial charge in [-0.15, -0.1) is 0 Å². The fourth-order valence-electron chi connectivity index (χ4n) is 3.41. The van der Waals surface area contributed by atoms with E-state index in [1.165, 1.54) is 37.6 Å². The van der Waals surface area contributed by atoms with Crippen molar-refractivity contribution in [3.8, 4) is 5.75 Å². The third-order valence-corrected chi connectivity index (χ3v) is 5.92. The SMILES string of the molecule is O=C1NCCc2cc(OS(=O)(=O)C(F)(F)F)ccc21.c1ccc(CN2CCCC2)cc1. The minimum Gasteiger partial charge on any atom is -0.376 e. The Balaban J connectivity index is 0.000000194. The first-order valence-corrected chi connectivity index (χ1v) is 11.2. The lowest BCUT2D eigenvalue weighted by Crippen LogP contribution is -2.32. The maximum absolute atomic E-state index is 12.1. The zero-order valence-corrected chi connectivity index (χ0v) is 17.5. The molecule has 10 heteroatoms. The highest BCUT2D eigenvalue weighted by molar-refractivity contribution is 7.88. The molecular weight excluding hydrogens is 433 g/mol. The number of carbonyl (C=O) groups is 1. The Morgan fingerprint density at radius 3 is 2.35 bits per heavy atom. The van der Waals surface area contributed by atoms with Gasteiger partial charge < -0.3 is 9.50 Å². The summed E-state index contributed by atoms with van der Waals surface area (Å²) in [5.74, 6) is -0.822. The fraction of sp³-hybridized carbons (Fsp3) is 0.381. The summed E-state index contributed by atoms with van der Waals surface area (Å²) in [5, 5.41) is 2.55. The predicted octanol–water partition coefficient (Wildman–Crippen LogP) is 3.48. The fourth-order valence-corrected chi connectivity index (χ4v) is 3.86. The van der Waals surface area contributed by atoms with Crippen molar-refractivity contribution in [2.24, 2.45) is 0 Å². The first-order valence-electron chi connectivity index (χ1n) is 9.84. The summed E-state index contributed by atoms with van der Waals surface area (Å²) in [6.45, 7) is 4.05. The molecule has 2 aliphatic heterocycles. The lowest BCUT2D eigenvalue weighted by atomic mass is 10.0. The molecule has 1 N–H and O–H groups in total. The van der Waals surface area contributed by atoms with Crippen LogP contribution in [0, 0.1) is 0 Å². The van der Waals surface area contributed by atoms with Crippen LogP contribution in [-0.2, 0) is 23.1 Å². The topological polar surface area (TPSA) is 75.7 Å². The molecule has 2 heterocycles. The normalized spacial score (nSPS) is 16.7. The van der Waals surface area contributed by atoms with Crippen LogP contribution in [0.2, 0.25) is 0 Å². The standard InChI is InChI=1S/C11H15N.C10H8F3NO4S/c1-2-6-11(7-3-1)10-12-8-4-5-9-12;11-10(12,13)19(16,17)18-7-1-2-8-6(5-7)3-4-14-9(8)15/h1-3,6-7H,4-5,8-10H2;1-2,5H,3-4H2,(H,14,15). The lowest BCUT2D eigenvalue weighted by molar-refractivity contribution is -0.0500. The maximum Gasteiger partial charge on any atom is 0.534 e. The molecule has 31 heavy (non-hydrogen) atoms. The highest BCUT2D eigenvalue weighted by Gasteiger charge is 2.48. The quantitative estimate of drug-likeness (QED) is 0.563. The van der Waals surface area contributed by atoms with Crippen molar-refractivity contribution < 1.29 is 30.6 Å². The van der Waals surface area contributed by atoms with E-state index in [4.69, 9.17) is 0 Å². The molecule has 6 nitrogen and oxygen atoms in total. The van der Waals surface area contributed by atoms with Crippen molar-refractivity contribution in [3.05, 3.63) is 65.2 Å². The van der Waals surface area contributed by atoms with Crippen molar-refractivity contribution in [3.63, 3.8) is 0 Å². The van der Waals surface area contributed by atoms with E-state index in [2.05, 4.69) is 44.7 Å². The number of likely N-dealkylation sites (tertiary alicyclic amines) is 1. The van der Waals surface area contributed by atoms with Gasteiger partial charge in [-0.2, -0.15) is 21.6 Å². The summed E-state index contributed by atoms with van der Waals surface area (Å²) in [5.41, 5.74) is -3.30. The molecule has 2 aromatic carbocycles. The smallest absolute Gasteiger partial charge is 0.376 e. The molecule has 168 valence electrons. The number of nitrogens with zero attached hydrogens (tertiary/aromatic N) is 1. The van der Waals surface area contributed by atoms with Gasteiger partial charge in [-0.05, 0) is 61.7 Å². The predicted molar refractivity (Wildman–Crippen MR) is 109 cm³/mol. The van der Waals surface area contributed by atoms with Crippen LogP contribution in [0.15, 0.2) is 48.5 Å². The van der Waals surface area contributed by atoms with Gasteiger partial charge in [-0.3, -0.25) is 9.69 Å². The van der Waals surface area contributed by atoms with Crippen molar-refractivity contribution in [1.29, 1.82) is 0 Å². The Kier molecular flexibility index (Phi) is 7.22. The van der Waals surface area contributed by atoms with Crippen molar-refractivity contribution >= 4 is 16.0 Å². The Bertz CT molecular complexity index is 1010. The molecule has 0 unspecified atom stereocenters. The number of rotatable bonds is 4. The van der Waals surface area contributed by atoms with Crippen molar-refractivity contribution in [2.45, 2.75) is 31.3 Å². The van der Waals surface area contributed by atoms with Gasteiger partial charge >= 0.3 is 15.6 Å². The van der Waals surface area contributed by atoms with Gasteiger partial charge in [0.2, 0.25) is 0 Å². The number of hydrogen-bond acceptors (Lipinski definition) is 5. The number of fused-ring (bicyclic) bond motifs is 1. The molecule has 1 fully saturated rings. The molecule has 0 spiro atoms. The summed E-state index contributed by atoms with van der Waals surface area (Å²) >= 11 is 0. The number of amides is 1. The van der Waals surface area contributed by atoms with Gasteiger partial charge in [-0.25, -0.2) is 0 Å². The molecule has 0 saturated carbocycles. The maximum atomic E-state index is 12.1. The van der Waals surface area contributed by atoms with Crippen LogP contribution >= 0.6 is 0 Å². The Labute approximate surface area is 179 Å².